The van der Waals surface area contributed by atoms with Gasteiger partial charge in [0.25, 0.3) is 5.69 Å². The molecule has 8 heteroatoms. The Bertz CT molecular complexity index is 449. The molecule has 1 aromatic rings. The van der Waals surface area contributed by atoms with Crippen LogP contribution in [0.1, 0.15) is 24.8 Å². The summed E-state index contributed by atoms with van der Waals surface area (Å²) in [6.45, 7) is 1.86. The molecule has 1 heterocycles. The van der Waals surface area contributed by atoms with Gasteiger partial charge in [-0.15, -0.1) is 0 Å². The van der Waals surface area contributed by atoms with Gasteiger partial charge in [-0.1, -0.05) is 0 Å². The number of aryl methyl sites for hydroxylation is 1. The highest BCUT2D eigenvalue weighted by Crippen LogP contribution is 2.22. The van der Waals surface area contributed by atoms with Gasteiger partial charge in [0.15, 0.2) is 0 Å². The summed E-state index contributed by atoms with van der Waals surface area (Å²) in [6.07, 6.45) is -3.26. The Morgan fingerprint density at radius 1 is 1.42 bits per heavy atom. The van der Waals surface area contributed by atoms with E-state index in [1.54, 1.807) is 6.92 Å². The third-order valence-electron chi connectivity index (χ3n) is 2.46. The van der Waals surface area contributed by atoms with E-state index in [1.165, 1.54) is 12.3 Å². The van der Waals surface area contributed by atoms with Crippen molar-refractivity contribution in [1.29, 1.82) is 0 Å². The van der Waals surface area contributed by atoms with E-state index in [0.29, 0.717) is 24.3 Å². The molecule has 0 saturated carbocycles. The molecule has 0 aromatic carbocycles. The van der Waals surface area contributed by atoms with Crippen LogP contribution in [0, 0.1) is 17.0 Å². The van der Waals surface area contributed by atoms with E-state index in [9.17, 15) is 23.3 Å². The summed E-state index contributed by atoms with van der Waals surface area (Å²) < 4.78 is 35.7. The third-order valence-corrected chi connectivity index (χ3v) is 2.46. The number of aromatic nitrogens is 1. The predicted molar refractivity (Wildman–Crippen MR) is 64.0 cm³/mol. The van der Waals surface area contributed by atoms with E-state index in [2.05, 4.69) is 10.3 Å². The normalized spacial score (nSPS) is 11.4. The number of hydrogen-bond acceptors (Lipinski definition) is 4. The zero-order valence-corrected chi connectivity index (χ0v) is 10.3. The van der Waals surface area contributed by atoms with Crippen molar-refractivity contribution in [1.82, 2.24) is 4.98 Å². The van der Waals surface area contributed by atoms with Gasteiger partial charge in [-0.2, -0.15) is 13.2 Å². The average Bonchev–Trinajstić information content (AvgIpc) is 2.29. The minimum atomic E-state index is -4.14. The Hall–Kier alpha value is -1.86. The predicted octanol–water partition coefficient (Wildman–Crippen LogP) is 3.44. The number of pyridine rings is 1. The quantitative estimate of drug-likeness (QED) is 0.491. The van der Waals surface area contributed by atoms with Crippen molar-refractivity contribution in [2.75, 3.05) is 11.9 Å². The second kappa shape index (κ2) is 6.35. The number of nitrogens with zero attached hydrogens (tertiary/aromatic N) is 2. The SMILES string of the molecule is Cc1cnc(NCCCCC(F)(F)F)cc1[N+](=O)[O-]. The van der Waals surface area contributed by atoms with Crippen LogP contribution in [0.15, 0.2) is 12.3 Å². The fourth-order valence-electron chi connectivity index (χ4n) is 1.47. The van der Waals surface area contributed by atoms with Crippen LogP contribution in [0.4, 0.5) is 24.7 Å². The van der Waals surface area contributed by atoms with E-state index in [0.717, 1.165) is 0 Å². The maximum atomic E-state index is 11.9. The lowest BCUT2D eigenvalue weighted by molar-refractivity contribution is -0.385. The minimum Gasteiger partial charge on any atom is -0.370 e. The van der Waals surface area contributed by atoms with Crippen LogP contribution in [0.5, 0.6) is 0 Å². The van der Waals surface area contributed by atoms with Gasteiger partial charge >= 0.3 is 6.18 Å². The number of unbranched alkanes of at least 4 members (excludes halogenated alkanes) is 1. The number of halogens is 3. The van der Waals surface area contributed by atoms with Crippen LogP contribution < -0.4 is 5.32 Å². The summed E-state index contributed by atoms with van der Waals surface area (Å²) in [5.41, 5.74) is 0.375. The molecule has 19 heavy (non-hydrogen) atoms. The van der Waals surface area contributed by atoms with Gasteiger partial charge < -0.3 is 5.32 Å². The number of anilines is 1. The summed E-state index contributed by atoms with van der Waals surface area (Å²) in [6, 6.07) is 1.28. The number of alkyl halides is 3. The summed E-state index contributed by atoms with van der Waals surface area (Å²) in [7, 11) is 0. The van der Waals surface area contributed by atoms with E-state index >= 15 is 0 Å². The topological polar surface area (TPSA) is 68.1 Å². The highest BCUT2D eigenvalue weighted by molar-refractivity contribution is 5.48. The van der Waals surface area contributed by atoms with Gasteiger partial charge in [0.05, 0.1) is 11.0 Å². The Morgan fingerprint density at radius 2 is 2.11 bits per heavy atom. The first-order chi connectivity index (χ1) is 8.79. The van der Waals surface area contributed by atoms with Gasteiger partial charge in [-0.25, -0.2) is 4.98 Å². The maximum absolute atomic E-state index is 11.9. The lowest BCUT2D eigenvalue weighted by atomic mass is 10.2. The zero-order chi connectivity index (χ0) is 14.5. The monoisotopic (exact) mass is 277 g/mol. The van der Waals surface area contributed by atoms with E-state index in [4.69, 9.17) is 0 Å². The van der Waals surface area contributed by atoms with Crippen molar-refractivity contribution >= 4 is 11.5 Å². The first kappa shape index (κ1) is 15.2. The fraction of sp³-hybridized carbons (Fsp3) is 0.545. The molecule has 0 bridgehead atoms. The number of nitro groups is 1. The molecule has 0 unspecified atom stereocenters. The van der Waals surface area contributed by atoms with E-state index < -0.39 is 17.5 Å². The maximum Gasteiger partial charge on any atom is 0.389 e. The summed E-state index contributed by atoms with van der Waals surface area (Å²) in [4.78, 5) is 14.1. The zero-order valence-electron chi connectivity index (χ0n) is 10.3. The highest BCUT2D eigenvalue weighted by Gasteiger charge is 2.25. The molecule has 1 aromatic heterocycles. The minimum absolute atomic E-state index is 0.0183. The number of nitrogens with one attached hydrogen (secondary N) is 1. The van der Waals surface area contributed by atoms with Crippen molar-refractivity contribution in [2.45, 2.75) is 32.4 Å². The first-order valence-corrected chi connectivity index (χ1v) is 5.71. The third kappa shape index (κ3) is 5.54. The molecule has 0 aliphatic carbocycles. The van der Waals surface area contributed by atoms with Crippen molar-refractivity contribution < 1.29 is 18.1 Å². The van der Waals surface area contributed by atoms with Crippen LogP contribution in [0.3, 0.4) is 0 Å². The van der Waals surface area contributed by atoms with Crippen molar-refractivity contribution in [3.8, 4) is 0 Å². The standard InChI is InChI=1S/C11H14F3N3O2/c1-8-7-16-10(6-9(8)17(18)19)15-5-3-2-4-11(12,13)14/h6-7H,2-5H2,1H3,(H,15,16). The molecule has 0 fully saturated rings. The largest absolute Gasteiger partial charge is 0.389 e. The Kier molecular flexibility index (Phi) is 5.08. The van der Waals surface area contributed by atoms with E-state index in [-0.39, 0.29) is 12.1 Å². The summed E-state index contributed by atoms with van der Waals surface area (Å²) in [5.74, 6) is 0.296. The number of rotatable bonds is 6. The lowest BCUT2D eigenvalue weighted by Crippen LogP contribution is -2.09. The molecular weight excluding hydrogens is 263 g/mol. The van der Waals surface area contributed by atoms with Gasteiger partial charge in [-0.05, 0) is 19.8 Å². The molecule has 106 valence electrons. The summed E-state index contributed by atoms with van der Waals surface area (Å²) >= 11 is 0. The fourth-order valence-corrected chi connectivity index (χ4v) is 1.47. The molecule has 5 nitrogen and oxygen atoms in total. The second-order valence-electron chi connectivity index (χ2n) is 4.11. The number of hydrogen-bond donors (Lipinski definition) is 1. The lowest BCUT2D eigenvalue weighted by Gasteiger charge is -2.07. The van der Waals surface area contributed by atoms with Crippen LogP contribution in [0.2, 0.25) is 0 Å². The molecule has 0 atom stereocenters. The van der Waals surface area contributed by atoms with Crippen LogP contribution in [-0.2, 0) is 0 Å². The Morgan fingerprint density at radius 3 is 2.68 bits per heavy atom. The molecule has 0 saturated heterocycles. The van der Waals surface area contributed by atoms with Gasteiger partial charge in [0, 0.05) is 24.7 Å². The van der Waals surface area contributed by atoms with Gasteiger partial charge in [0.2, 0.25) is 0 Å². The van der Waals surface area contributed by atoms with E-state index in [1.807, 2.05) is 0 Å². The molecular formula is C11H14F3N3O2. The molecule has 1 rings (SSSR count). The second-order valence-corrected chi connectivity index (χ2v) is 4.11. The molecule has 0 radical (unpaired) electrons. The van der Waals surface area contributed by atoms with Gasteiger partial charge in [0.1, 0.15) is 5.82 Å². The van der Waals surface area contributed by atoms with Crippen molar-refractivity contribution in [2.24, 2.45) is 0 Å². The molecule has 0 amide bonds. The van der Waals surface area contributed by atoms with Crippen LogP contribution in [0.25, 0.3) is 0 Å². The molecule has 0 aliphatic heterocycles. The van der Waals surface area contributed by atoms with Crippen LogP contribution >= 0.6 is 0 Å². The molecule has 1 N–H and O–H groups in total. The summed E-state index contributed by atoms with van der Waals surface area (Å²) in [5, 5.41) is 13.5. The smallest absolute Gasteiger partial charge is 0.370 e. The Labute approximate surface area is 108 Å². The highest BCUT2D eigenvalue weighted by atomic mass is 19.4. The molecule has 0 spiro atoms. The van der Waals surface area contributed by atoms with Gasteiger partial charge in [-0.3, -0.25) is 10.1 Å². The Balaban J connectivity index is 2.42. The van der Waals surface area contributed by atoms with Crippen molar-refractivity contribution in [3.05, 3.63) is 27.9 Å². The molecule has 0 aliphatic rings. The average molecular weight is 277 g/mol. The van der Waals surface area contributed by atoms with Crippen LogP contribution in [-0.4, -0.2) is 22.6 Å². The first-order valence-electron chi connectivity index (χ1n) is 5.71. The van der Waals surface area contributed by atoms with Crippen molar-refractivity contribution in [3.63, 3.8) is 0 Å².